The van der Waals surface area contributed by atoms with Crippen LogP contribution in [0.2, 0.25) is 0 Å². The highest BCUT2D eigenvalue weighted by atomic mass is 32.1. The summed E-state index contributed by atoms with van der Waals surface area (Å²) in [7, 11) is 0. The summed E-state index contributed by atoms with van der Waals surface area (Å²) >= 11 is 1.39. The Kier molecular flexibility index (Phi) is 3.48. The van der Waals surface area contributed by atoms with E-state index in [9.17, 15) is 4.79 Å². The molecule has 0 atom stereocenters. The maximum Gasteiger partial charge on any atom is 0.335 e. The van der Waals surface area contributed by atoms with Crippen molar-refractivity contribution in [3.63, 3.8) is 0 Å². The second-order valence-corrected chi connectivity index (χ2v) is 4.51. The molecule has 0 aliphatic carbocycles. The van der Waals surface area contributed by atoms with Gasteiger partial charge in [0.1, 0.15) is 0 Å². The van der Waals surface area contributed by atoms with Gasteiger partial charge in [0.05, 0.1) is 15.3 Å². The normalized spacial score (nSPS) is 9.06. The number of thiophene rings is 1. The number of hydrogen-bond acceptors (Lipinski definition) is 2. The highest BCUT2D eigenvalue weighted by molar-refractivity contribution is 7.13. The van der Waals surface area contributed by atoms with Gasteiger partial charge in [-0.25, -0.2) is 4.79 Å². The predicted molar refractivity (Wildman–Crippen MR) is 69.9 cm³/mol. The van der Waals surface area contributed by atoms with E-state index in [1.807, 2.05) is 6.07 Å². The number of carbonyl (C=O) groups is 1. The molecule has 1 N–H and O–H groups in total. The lowest BCUT2D eigenvalue weighted by Crippen LogP contribution is -1.94. The standard InChI is InChI=1S/C15H7O2S/c1-2-13-9-10-14(18-13)8-5-11-3-6-12(7-4-11)15(16)17/h3-4,6-7,9-10H,(H,16,17). The Labute approximate surface area is 109 Å². The van der Waals surface area contributed by atoms with Gasteiger partial charge in [-0.2, -0.15) is 0 Å². The molecule has 3 heteroatoms. The fraction of sp³-hybridized carbons (Fsp3) is 0. The van der Waals surface area contributed by atoms with Crippen molar-refractivity contribution in [2.24, 2.45) is 0 Å². The van der Waals surface area contributed by atoms with Crippen LogP contribution >= 0.6 is 11.3 Å². The highest BCUT2D eigenvalue weighted by Crippen LogP contribution is 2.14. The van der Waals surface area contributed by atoms with Crippen LogP contribution in [0.5, 0.6) is 0 Å². The van der Waals surface area contributed by atoms with Crippen LogP contribution in [-0.4, -0.2) is 11.1 Å². The molecule has 0 saturated carbocycles. The molecule has 0 aliphatic heterocycles. The summed E-state index contributed by atoms with van der Waals surface area (Å²) < 4.78 is 0. The quantitative estimate of drug-likeness (QED) is 0.791. The minimum absolute atomic E-state index is 0.248. The van der Waals surface area contributed by atoms with Gasteiger partial charge in [-0.15, -0.1) is 11.3 Å². The third-order valence-electron chi connectivity index (χ3n) is 2.19. The Hall–Kier alpha value is -2.49. The lowest BCUT2D eigenvalue weighted by atomic mass is 10.1. The number of rotatable bonds is 1. The summed E-state index contributed by atoms with van der Waals surface area (Å²) in [5.41, 5.74) is 1.01. The number of benzene rings is 1. The van der Waals surface area contributed by atoms with E-state index in [1.165, 1.54) is 23.5 Å². The molecule has 2 nitrogen and oxygen atoms in total. The van der Waals surface area contributed by atoms with E-state index in [2.05, 4.69) is 17.8 Å². The first-order valence-corrected chi connectivity index (χ1v) is 5.88. The first kappa shape index (κ1) is 12.0. The molecule has 1 radical (unpaired) electrons. The smallest absolute Gasteiger partial charge is 0.335 e. The SMILES string of the molecule is [C]#Cc1ccc(C#Cc2ccc(C(=O)O)cc2)s1. The Morgan fingerprint density at radius 3 is 2.28 bits per heavy atom. The molecule has 18 heavy (non-hydrogen) atoms. The summed E-state index contributed by atoms with van der Waals surface area (Å²) in [6.07, 6.45) is 6.97. The van der Waals surface area contributed by atoms with Gasteiger partial charge in [0.15, 0.2) is 0 Å². The van der Waals surface area contributed by atoms with Crippen LogP contribution in [0.1, 0.15) is 25.7 Å². The van der Waals surface area contributed by atoms with Crippen molar-refractivity contribution in [3.8, 4) is 17.8 Å². The van der Waals surface area contributed by atoms with E-state index in [1.54, 1.807) is 18.2 Å². The Bertz CT molecular complexity index is 676. The topological polar surface area (TPSA) is 37.3 Å². The molecular formula is C15H7O2S. The summed E-state index contributed by atoms with van der Waals surface area (Å²) in [6, 6.07) is 10.0. The van der Waals surface area contributed by atoms with E-state index in [4.69, 9.17) is 11.5 Å². The maximum atomic E-state index is 10.7. The molecule has 0 amide bonds. The van der Waals surface area contributed by atoms with Crippen LogP contribution in [0, 0.1) is 24.2 Å². The zero-order valence-electron chi connectivity index (χ0n) is 9.23. The first-order chi connectivity index (χ1) is 8.69. The van der Waals surface area contributed by atoms with Crippen LogP contribution in [-0.2, 0) is 0 Å². The van der Waals surface area contributed by atoms with E-state index in [-0.39, 0.29) is 5.56 Å². The molecule has 1 heterocycles. The molecule has 0 spiro atoms. The second-order valence-electron chi connectivity index (χ2n) is 3.42. The Morgan fingerprint density at radius 1 is 1.06 bits per heavy atom. The van der Waals surface area contributed by atoms with Crippen molar-refractivity contribution >= 4 is 17.3 Å². The average Bonchev–Trinajstić information content (AvgIpc) is 2.85. The molecule has 0 bridgehead atoms. The fourth-order valence-corrected chi connectivity index (χ4v) is 1.96. The fourth-order valence-electron chi connectivity index (χ4n) is 1.30. The summed E-state index contributed by atoms with van der Waals surface area (Å²) in [5, 5.41) is 8.75. The van der Waals surface area contributed by atoms with Crippen molar-refractivity contribution in [3.05, 3.63) is 63.7 Å². The number of carboxylic acids is 1. The van der Waals surface area contributed by atoms with Crippen molar-refractivity contribution in [1.82, 2.24) is 0 Å². The molecule has 0 saturated heterocycles. The second kappa shape index (κ2) is 5.23. The van der Waals surface area contributed by atoms with Crippen molar-refractivity contribution in [2.45, 2.75) is 0 Å². The van der Waals surface area contributed by atoms with Crippen LogP contribution in [0.4, 0.5) is 0 Å². The van der Waals surface area contributed by atoms with Crippen molar-refractivity contribution < 1.29 is 9.90 Å². The Balaban J connectivity index is 2.20. The zero-order valence-corrected chi connectivity index (χ0v) is 10.0. The molecule has 85 valence electrons. The Morgan fingerprint density at radius 2 is 1.72 bits per heavy atom. The van der Waals surface area contributed by atoms with E-state index < -0.39 is 5.97 Å². The van der Waals surface area contributed by atoms with E-state index in [0.29, 0.717) is 0 Å². The highest BCUT2D eigenvalue weighted by Gasteiger charge is 2.00. The van der Waals surface area contributed by atoms with Gasteiger partial charge in [0.25, 0.3) is 0 Å². The third-order valence-corrected chi connectivity index (χ3v) is 3.11. The minimum atomic E-state index is -0.945. The van der Waals surface area contributed by atoms with E-state index >= 15 is 0 Å². The predicted octanol–water partition coefficient (Wildman–Crippen LogP) is 2.78. The number of carboxylic acid groups (broad SMARTS) is 1. The average molecular weight is 251 g/mol. The van der Waals surface area contributed by atoms with Crippen LogP contribution in [0.25, 0.3) is 0 Å². The van der Waals surface area contributed by atoms with Gasteiger partial charge in [0, 0.05) is 5.56 Å². The summed E-state index contributed by atoms with van der Waals surface area (Å²) in [4.78, 5) is 12.3. The van der Waals surface area contributed by atoms with Crippen molar-refractivity contribution in [1.29, 1.82) is 0 Å². The number of aromatic carboxylic acids is 1. The molecule has 0 aliphatic rings. The van der Waals surface area contributed by atoms with E-state index in [0.717, 1.165) is 15.3 Å². The van der Waals surface area contributed by atoms with Gasteiger partial charge in [-0.05, 0) is 48.7 Å². The van der Waals surface area contributed by atoms with Gasteiger partial charge >= 0.3 is 5.97 Å². The maximum absolute atomic E-state index is 10.7. The molecule has 0 fully saturated rings. The monoisotopic (exact) mass is 251 g/mol. The zero-order chi connectivity index (χ0) is 13.0. The summed E-state index contributed by atoms with van der Waals surface area (Å²) in [5.74, 6) is 7.26. The lowest BCUT2D eigenvalue weighted by molar-refractivity contribution is 0.0697. The molecule has 1 aromatic carbocycles. The number of hydrogen-bond donors (Lipinski definition) is 1. The third kappa shape index (κ3) is 2.79. The van der Waals surface area contributed by atoms with Gasteiger partial charge in [0.2, 0.25) is 0 Å². The largest absolute Gasteiger partial charge is 0.478 e. The van der Waals surface area contributed by atoms with Gasteiger partial charge in [-0.3, -0.25) is 0 Å². The first-order valence-electron chi connectivity index (χ1n) is 5.07. The molecule has 2 rings (SSSR count). The van der Waals surface area contributed by atoms with Gasteiger partial charge in [-0.1, -0.05) is 11.8 Å². The lowest BCUT2D eigenvalue weighted by Gasteiger charge is -1.93. The van der Waals surface area contributed by atoms with Crippen LogP contribution in [0.3, 0.4) is 0 Å². The summed E-state index contributed by atoms with van der Waals surface area (Å²) in [6.45, 7) is 0. The molecular weight excluding hydrogens is 244 g/mol. The minimum Gasteiger partial charge on any atom is -0.478 e. The van der Waals surface area contributed by atoms with Crippen LogP contribution < -0.4 is 0 Å². The molecule has 0 unspecified atom stereocenters. The van der Waals surface area contributed by atoms with Crippen LogP contribution in [0.15, 0.2) is 36.4 Å². The molecule has 2 aromatic rings. The molecule has 1 aromatic heterocycles. The van der Waals surface area contributed by atoms with Gasteiger partial charge < -0.3 is 5.11 Å². The van der Waals surface area contributed by atoms with Crippen molar-refractivity contribution in [2.75, 3.05) is 0 Å².